The van der Waals surface area contributed by atoms with E-state index < -0.39 is 0 Å². The van der Waals surface area contributed by atoms with E-state index in [-0.39, 0.29) is 10.8 Å². The van der Waals surface area contributed by atoms with E-state index in [9.17, 15) is 0 Å². The molecular weight excluding hydrogens is 338 g/mol. The summed E-state index contributed by atoms with van der Waals surface area (Å²) in [7, 11) is 0. The van der Waals surface area contributed by atoms with Gasteiger partial charge in [0.2, 0.25) is 0 Å². The molecule has 0 radical (unpaired) electrons. The number of hydrogen-bond acceptors (Lipinski definition) is 1. The second-order valence-corrected chi connectivity index (χ2v) is 9.59. The van der Waals surface area contributed by atoms with E-state index in [1.165, 1.54) is 32.8 Å². The first kappa shape index (κ1) is 18.7. The summed E-state index contributed by atoms with van der Waals surface area (Å²) in [6.45, 7) is 11.4. The molecule has 0 atom stereocenters. The van der Waals surface area contributed by atoms with Gasteiger partial charge in [0.1, 0.15) is 0 Å². The number of fused-ring (bicyclic) bond motifs is 2. The molecule has 0 spiro atoms. The van der Waals surface area contributed by atoms with Gasteiger partial charge in [-0.1, -0.05) is 95.3 Å². The molecular formula is C27H29N. The number of benzene rings is 3. The van der Waals surface area contributed by atoms with Gasteiger partial charge in [0, 0.05) is 11.6 Å². The standard InChI is InChI=1S/C27H29N/c1-26(2,3)23-14-13-21-16-19(11-12-22(21)17-23)18-27(4,5)24-10-6-8-20-9-7-15-28-25(20)24/h6-17H,18H2,1-5H3. The molecule has 0 fully saturated rings. The molecule has 0 amide bonds. The largest absolute Gasteiger partial charge is 0.256 e. The number of nitrogens with zero attached hydrogens (tertiary/aromatic N) is 1. The molecule has 4 rings (SSSR count). The quantitative estimate of drug-likeness (QED) is 0.373. The van der Waals surface area contributed by atoms with Crippen LogP contribution in [0.5, 0.6) is 0 Å². The maximum atomic E-state index is 4.67. The van der Waals surface area contributed by atoms with Crippen LogP contribution in [-0.2, 0) is 17.3 Å². The van der Waals surface area contributed by atoms with Crippen molar-refractivity contribution in [2.45, 2.75) is 51.9 Å². The zero-order chi connectivity index (χ0) is 19.9. The van der Waals surface area contributed by atoms with Gasteiger partial charge in [0.05, 0.1) is 5.52 Å². The maximum Gasteiger partial charge on any atom is 0.0739 e. The van der Waals surface area contributed by atoms with Crippen LogP contribution in [0.1, 0.15) is 51.3 Å². The average molecular weight is 368 g/mol. The van der Waals surface area contributed by atoms with Gasteiger partial charge in [-0.25, -0.2) is 0 Å². The van der Waals surface area contributed by atoms with Crippen LogP contribution in [0.15, 0.2) is 72.9 Å². The van der Waals surface area contributed by atoms with Gasteiger partial charge < -0.3 is 0 Å². The Kier molecular flexibility index (Phi) is 4.50. The number of rotatable bonds is 3. The molecule has 0 bridgehead atoms. The lowest BCUT2D eigenvalue weighted by Gasteiger charge is -2.27. The third kappa shape index (κ3) is 3.54. The molecule has 3 aromatic carbocycles. The van der Waals surface area contributed by atoms with Gasteiger partial charge in [-0.2, -0.15) is 0 Å². The normalized spacial score (nSPS) is 12.6. The van der Waals surface area contributed by atoms with Crippen LogP contribution in [0.2, 0.25) is 0 Å². The second-order valence-electron chi connectivity index (χ2n) is 9.59. The van der Waals surface area contributed by atoms with Crippen LogP contribution < -0.4 is 0 Å². The molecule has 1 heteroatoms. The highest BCUT2D eigenvalue weighted by atomic mass is 14.7. The monoisotopic (exact) mass is 367 g/mol. The summed E-state index contributed by atoms with van der Waals surface area (Å²) in [5.41, 5.74) is 5.37. The third-order valence-corrected chi connectivity index (χ3v) is 5.78. The molecule has 0 aliphatic heterocycles. The van der Waals surface area contributed by atoms with Crippen molar-refractivity contribution in [1.82, 2.24) is 4.98 Å². The van der Waals surface area contributed by atoms with Crippen molar-refractivity contribution in [2.24, 2.45) is 0 Å². The number of aromatic nitrogens is 1. The molecule has 4 aromatic rings. The van der Waals surface area contributed by atoms with E-state index in [4.69, 9.17) is 0 Å². The fourth-order valence-corrected chi connectivity index (χ4v) is 4.13. The Morgan fingerprint density at radius 3 is 2.21 bits per heavy atom. The van der Waals surface area contributed by atoms with Crippen molar-refractivity contribution < 1.29 is 0 Å². The van der Waals surface area contributed by atoms with Gasteiger partial charge in [-0.15, -0.1) is 0 Å². The van der Waals surface area contributed by atoms with Crippen LogP contribution in [0, 0.1) is 0 Å². The zero-order valence-corrected chi connectivity index (χ0v) is 17.6. The van der Waals surface area contributed by atoms with Gasteiger partial charge in [-0.05, 0) is 50.8 Å². The highest BCUT2D eigenvalue weighted by Gasteiger charge is 2.24. The summed E-state index contributed by atoms with van der Waals surface area (Å²) in [5, 5.41) is 3.85. The maximum absolute atomic E-state index is 4.67. The number of hydrogen-bond donors (Lipinski definition) is 0. The Labute approximate surface area is 168 Å². The minimum atomic E-state index is 0.00684. The fourth-order valence-electron chi connectivity index (χ4n) is 4.13. The first-order chi connectivity index (χ1) is 13.2. The van der Waals surface area contributed by atoms with Crippen molar-refractivity contribution in [3.63, 3.8) is 0 Å². The van der Waals surface area contributed by atoms with Crippen LogP contribution in [0.25, 0.3) is 21.7 Å². The topological polar surface area (TPSA) is 12.9 Å². The summed E-state index contributed by atoms with van der Waals surface area (Å²) in [4.78, 5) is 4.67. The first-order valence-corrected chi connectivity index (χ1v) is 10.1. The van der Waals surface area contributed by atoms with Crippen LogP contribution in [0.4, 0.5) is 0 Å². The van der Waals surface area contributed by atoms with E-state index in [1.54, 1.807) is 0 Å². The molecule has 0 aliphatic carbocycles. The lowest BCUT2D eigenvalue weighted by molar-refractivity contribution is 0.526. The molecule has 28 heavy (non-hydrogen) atoms. The molecule has 1 heterocycles. The molecule has 0 unspecified atom stereocenters. The lowest BCUT2D eigenvalue weighted by atomic mass is 9.78. The first-order valence-electron chi connectivity index (χ1n) is 10.1. The summed E-state index contributed by atoms with van der Waals surface area (Å²) < 4.78 is 0. The predicted octanol–water partition coefficient (Wildman–Crippen LogP) is 7.21. The molecule has 1 aromatic heterocycles. The molecule has 142 valence electrons. The van der Waals surface area contributed by atoms with Crippen molar-refractivity contribution >= 4 is 21.7 Å². The molecule has 0 saturated carbocycles. The van der Waals surface area contributed by atoms with Gasteiger partial charge >= 0.3 is 0 Å². The summed E-state index contributed by atoms with van der Waals surface area (Å²) >= 11 is 0. The fraction of sp³-hybridized carbons (Fsp3) is 0.296. The van der Waals surface area contributed by atoms with Crippen LogP contribution in [-0.4, -0.2) is 4.98 Å². The van der Waals surface area contributed by atoms with Gasteiger partial charge in [0.25, 0.3) is 0 Å². The van der Waals surface area contributed by atoms with Crippen molar-refractivity contribution in [1.29, 1.82) is 0 Å². The van der Waals surface area contributed by atoms with Crippen molar-refractivity contribution in [3.05, 3.63) is 89.6 Å². The molecule has 0 N–H and O–H groups in total. The Hall–Kier alpha value is -2.67. The Balaban J connectivity index is 1.70. The van der Waals surface area contributed by atoms with Gasteiger partial charge in [0.15, 0.2) is 0 Å². The number of pyridine rings is 1. The van der Waals surface area contributed by atoms with E-state index >= 15 is 0 Å². The highest BCUT2D eigenvalue weighted by molar-refractivity contribution is 5.85. The SMILES string of the molecule is CC(C)(C)c1ccc2cc(CC(C)(C)c3cccc4cccnc34)ccc2c1. The van der Waals surface area contributed by atoms with Crippen LogP contribution in [0.3, 0.4) is 0 Å². The van der Waals surface area contributed by atoms with E-state index in [2.05, 4.69) is 100 Å². The Morgan fingerprint density at radius 1 is 0.714 bits per heavy atom. The molecule has 0 aliphatic rings. The van der Waals surface area contributed by atoms with Crippen molar-refractivity contribution in [2.75, 3.05) is 0 Å². The average Bonchev–Trinajstić information content (AvgIpc) is 2.66. The summed E-state index contributed by atoms with van der Waals surface area (Å²) in [6, 6.07) is 24.5. The lowest BCUT2D eigenvalue weighted by Crippen LogP contribution is -2.21. The third-order valence-electron chi connectivity index (χ3n) is 5.78. The van der Waals surface area contributed by atoms with Crippen molar-refractivity contribution in [3.8, 4) is 0 Å². The second kappa shape index (κ2) is 6.74. The summed E-state index contributed by atoms with van der Waals surface area (Å²) in [6.07, 6.45) is 2.88. The highest BCUT2D eigenvalue weighted by Crippen LogP contribution is 2.33. The van der Waals surface area contributed by atoms with Crippen LogP contribution >= 0.6 is 0 Å². The predicted molar refractivity (Wildman–Crippen MR) is 121 cm³/mol. The van der Waals surface area contributed by atoms with E-state index in [0.717, 1.165) is 11.9 Å². The minimum absolute atomic E-state index is 0.00684. The molecule has 1 nitrogen and oxygen atoms in total. The zero-order valence-electron chi connectivity index (χ0n) is 17.6. The van der Waals surface area contributed by atoms with E-state index in [1.807, 2.05) is 12.3 Å². The Bertz CT molecular complexity index is 1140. The minimum Gasteiger partial charge on any atom is -0.256 e. The summed E-state index contributed by atoms with van der Waals surface area (Å²) in [5.74, 6) is 0. The van der Waals surface area contributed by atoms with E-state index in [0.29, 0.717) is 0 Å². The Morgan fingerprint density at radius 2 is 1.43 bits per heavy atom. The molecule has 0 saturated heterocycles. The number of para-hydroxylation sites is 1. The smallest absolute Gasteiger partial charge is 0.0739 e. The van der Waals surface area contributed by atoms with Gasteiger partial charge in [-0.3, -0.25) is 4.98 Å².